The van der Waals surface area contributed by atoms with E-state index in [0.29, 0.717) is 12.2 Å². The van der Waals surface area contributed by atoms with Gasteiger partial charge in [0.2, 0.25) is 0 Å². The van der Waals surface area contributed by atoms with Crippen LogP contribution in [0, 0.1) is 5.92 Å². The van der Waals surface area contributed by atoms with Crippen molar-refractivity contribution < 1.29 is 14.7 Å². The number of aromatic nitrogens is 2. The molecule has 1 heterocycles. The van der Waals surface area contributed by atoms with Gasteiger partial charge in [-0.1, -0.05) is 6.92 Å². The summed E-state index contributed by atoms with van der Waals surface area (Å²) in [7, 11) is 0. The second-order valence-electron chi connectivity index (χ2n) is 6.91. The maximum Gasteiger partial charge on any atom is 0.319 e. The van der Waals surface area contributed by atoms with E-state index in [0.717, 1.165) is 31.0 Å². The molecular weight excluding hydrogens is 322 g/mol. The lowest BCUT2D eigenvalue weighted by Gasteiger charge is -2.42. The van der Waals surface area contributed by atoms with E-state index in [-0.39, 0.29) is 24.7 Å². The molecule has 0 atom stereocenters. The number of amides is 2. The third-order valence-corrected chi connectivity index (χ3v) is 4.84. The minimum absolute atomic E-state index is 0.0463. The van der Waals surface area contributed by atoms with Gasteiger partial charge in [0.05, 0.1) is 24.6 Å². The molecule has 3 N–H and O–H groups in total. The van der Waals surface area contributed by atoms with Gasteiger partial charge in [0, 0.05) is 18.5 Å². The number of carboxylic acid groups (broad SMARTS) is 1. The number of carbonyl (C=O) groups excluding carboxylic acids is 1. The molecule has 0 saturated heterocycles. The van der Waals surface area contributed by atoms with Crippen LogP contribution in [0.1, 0.15) is 38.4 Å². The Morgan fingerprint density at radius 2 is 1.96 bits per heavy atom. The average Bonchev–Trinajstić information content (AvgIpc) is 3.34. The number of carboxylic acids is 1. The molecule has 1 aromatic heterocycles. The molecule has 0 unspecified atom stereocenters. The van der Waals surface area contributed by atoms with Crippen LogP contribution >= 0.6 is 0 Å². The molecule has 8 nitrogen and oxygen atoms in total. The topological polar surface area (TPSA) is 107 Å². The molecule has 2 aliphatic carbocycles. The van der Waals surface area contributed by atoms with Crippen molar-refractivity contribution >= 4 is 17.7 Å². The van der Waals surface area contributed by atoms with E-state index in [1.165, 1.54) is 12.8 Å². The van der Waals surface area contributed by atoms with Crippen molar-refractivity contribution in [3.05, 3.63) is 18.2 Å². The van der Waals surface area contributed by atoms with Crippen LogP contribution in [0.4, 0.5) is 10.5 Å². The van der Waals surface area contributed by atoms with E-state index in [1.807, 2.05) is 11.8 Å². The van der Waals surface area contributed by atoms with Crippen molar-refractivity contribution in [2.75, 3.05) is 18.4 Å². The summed E-state index contributed by atoms with van der Waals surface area (Å²) >= 11 is 0. The maximum atomic E-state index is 12.0. The van der Waals surface area contributed by atoms with Gasteiger partial charge in [-0.25, -0.2) is 14.8 Å². The second-order valence-corrected chi connectivity index (χ2v) is 6.91. The smallest absolute Gasteiger partial charge is 0.319 e. The van der Waals surface area contributed by atoms with Crippen LogP contribution in [0.25, 0.3) is 0 Å². The van der Waals surface area contributed by atoms with Gasteiger partial charge in [0.1, 0.15) is 5.82 Å². The average molecular weight is 347 g/mol. The second kappa shape index (κ2) is 7.77. The summed E-state index contributed by atoms with van der Waals surface area (Å²) in [5.74, 6) is 0.743. The number of rotatable bonds is 8. The molecule has 0 bridgehead atoms. The lowest BCUT2D eigenvalue weighted by molar-refractivity contribution is -0.139. The third kappa shape index (κ3) is 5.12. The Bertz CT molecular complexity index is 611. The summed E-state index contributed by atoms with van der Waals surface area (Å²) in [6.45, 7) is 2.69. The van der Waals surface area contributed by atoms with E-state index in [2.05, 4.69) is 20.6 Å². The van der Waals surface area contributed by atoms with E-state index in [9.17, 15) is 9.59 Å². The SMILES string of the molecule is CCN(CC(=O)O)C1CC(NC(=O)Nc2cnc(CC3CC3)nc2)C1. The lowest BCUT2D eigenvalue weighted by Crippen LogP contribution is -2.55. The molecule has 0 aliphatic heterocycles. The molecule has 2 saturated carbocycles. The zero-order valence-corrected chi connectivity index (χ0v) is 14.4. The number of likely N-dealkylation sites (N-methyl/N-ethyl adjacent to an activating group) is 1. The van der Waals surface area contributed by atoms with E-state index in [1.54, 1.807) is 12.4 Å². The Labute approximate surface area is 147 Å². The van der Waals surface area contributed by atoms with Gasteiger partial charge >= 0.3 is 12.0 Å². The molecule has 0 radical (unpaired) electrons. The van der Waals surface area contributed by atoms with E-state index in [4.69, 9.17) is 5.11 Å². The molecule has 3 rings (SSSR count). The maximum absolute atomic E-state index is 12.0. The summed E-state index contributed by atoms with van der Waals surface area (Å²) < 4.78 is 0. The number of hydrogen-bond acceptors (Lipinski definition) is 5. The first-order chi connectivity index (χ1) is 12.0. The van der Waals surface area contributed by atoms with Crippen molar-refractivity contribution in [2.24, 2.45) is 5.92 Å². The minimum atomic E-state index is -0.818. The molecule has 1 aromatic rings. The largest absolute Gasteiger partial charge is 0.480 e. The molecule has 2 aliphatic rings. The summed E-state index contributed by atoms with van der Waals surface area (Å²) in [6.07, 6.45) is 8.25. The van der Waals surface area contributed by atoms with Crippen molar-refractivity contribution in [3.63, 3.8) is 0 Å². The normalized spacial score (nSPS) is 22.3. The van der Waals surface area contributed by atoms with E-state index < -0.39 is 5.97 Å². The van der Waals surface area contributed by atoms with Gasteiger partial charge in [-0.15, -0.1) is 0 Å². The first kappa shape index (κ1) is 17.6. The Kier molecular flexibility index (Phi) is 5.47. The summed E-state index contributed by atoms with van der Waals surface area (Å²) in [5.41, 5.74) is 0.578. The van der Waals surface area contributed by atoms with Gasteiger partial charge in [-0.3, -0.25) is 9.69 Å². The van der Waals surface area contributed by atoms with Gasteiger partial charge < -0.3 is 15.7 Å². The number of aliphatic carboxylic acids is 1. The molecule has 0 aromatic carbocycles. The Hall–Kier alpha value is -2.22. The van der Waals surface area contributed by atoms with Gasteiger partial charge in [0.15, 0.2) is 0 Å². The predicted molar refractivity (Wildman–Crippen MR) is 92.3 cm³/mol. The van der Waals surface area contributed by atoms with Crippen molar-refractivity contribution in [2.45, 2.75) is 51.1 Å². The highest BCUT2D eigenvalue weighted by Crippen LogP contribution is 2.31. The van der Waals surface area contributed by atoms with Crippen molar-refractivity contribution in [1.82, 2.24) is 20.2 Å². The quantitative estimate of drug-likeness (QED) is 0.658. The lowest BCUT2D eigenvalue weighted by atomic mass is 9.85. The number of anilines is 1. The van der Waals surface area contributed by atoms with Crippen LogP contribution in [-0.2, 0) is 11.2 Å². The van der Waals surface area contributed by atoms with Gasteiger partial charge in [-0.05, 0) is 38.1 Å². The van der Waals surface area contributed by atoms with Crippen LogP contribution < -0.4 is 10.6 Å². The standard InChI is InChI=1S/C17H25N5O3/c1-2-22(10-16(23)24)14-6-12(7-14)20-17(25)21-13-8-18-15(19-9-13)5-11-3-4-11/h8-9,11-12,14H,2-7,10H2,1H3,(H,23,24)(H2,20,21,25). The number of urea groups is 1. The highest BCUT2D eigenvalue weighted by molar-refractivity contribution is 5.89. The molecule has 2 fully saturated rings. The van der Waals surface area contributed by atoms with Crippen LogP contribution in [0.3, 0.4) is 0 Å². The zero-order valence-electron chi connectivity index (χ0n) is 14.4. The van der Waals surface area contributed by atoms with Crippen molar-refractivity contribution in [1.29, 1.82) is 0 Å². The summed E-state index contributed by atoms with van der Waals surface area (Å²) in [6, 6.07) is 0.0163. The van der Waals surface area contributed by atoms with Crippen molar-refractivity contribution in [3.8, 4) is 0 Å². The summed E-state index contributed by atoms with van der Waals surface area (Å²) in [4.78, 5) is 33.3. The van der Waals surface area contributed by atoms with E-state index >= 15 is 0 Å². The summed E-state index contributed by atoms with van der Waals surface area (Å²) in [5, 5.41) is 14.5. The van der Waals surface area contributed by atoms with Crippen LogP contribution in [-0.4, -0.2) is 57.1 Å². The number of nitrogens with one attached hydrogen (secondary N) is 2. The third-order valence-electron chi connectivity index (χ3n) is 4.84. The first-order valence-corrected chi connectivity index (χ1v) is 8.87. The molecule has 2 amide bonds. The van der Waals surface area contributed by atoms with Crippen LogP contribution in [0.2, 0.25) is 0 Å². The fourth-order valence-corrected chi connectivity index (χ4v) is 3.13. The van der Waals surface area contributed by atoms with Crippen LogP contribution in [0.15, 0.2) is 12.4 Å². The Balaban J connectivity index is 1.39. The Morgan fingerprint density at radius 3 is 2.52 bits per heavy atom. The fourth-order valence-electron chi connectivity index (χ4n) is 3.13. The highest BCUT2D eigenvalue weighted by atomic mass is 16.4. The first-order valence-electron chi connectivity index (χ1n) is 8.87. The minimum Gasteiger partial charge on any atom is -0.480 e. The van der Waals surface area contributed by atoms with Gasteiger partial charge in [-0.2, -0.15) is 0 Å². The molecule has 136 valence electrons. The Morgan fingerprint density at radius 1 is 1.28 bits per heavy atom. The van der Waals surface area contributed by atoms with Crippen LogP contribution in [0.5, 0.6) is 0 Å². The molecular formula is C17H25N5O3. The zero-order chi connectivity index (χ0) is 17.8. The predicted octanol–water partition coefficient (Wildman–Crippen LogP) is 1.49. The molecule has 0 spiro atoms. The van der Waals surface area contributed by atoms with Gasteiger partial charge in [0.25, 0.3) is 0 Å². The number of nitrogens with zero attached hydrogens (tertiary/aromatic N) is 3. The number of hydrogen-bond donors (Lipinski definition) is 3. The number of carbonyl (C=O) groups is 2. The molecule has 8 heteroatoms. The molecule has 25 heavy (non-hydrogen) atoms. The highest BCUT2D eigenvalue weighted by Gasteiger charge is 2.34. The fraction of sp³-hybridized carbons (Fsp3) is 0.647. The monoisotopic (exact) mass is 347 g/mol.